The summed E-state index contributed by atoms with van der Waals surface area (Å²) in [6.45, 7) is 6.40. The predicted octanol–water partition coefficient (Wildman–Crippen LogP) is 4.32. The molecule has 5 rings (SSSR count). The molecule has 1 aromatic carbocycles. The molecule has 1 saturated heterocycles. The van der Waals surface area contributed by atoms with Gasteiger partial charge in [-0.1, -0.05) is 11.3 Å². The molecular weight excluding hydrogens is 496 g/mol. The Kier molecular flexibility index (Phi) is 7.68. The Bertz CT molecular complexity index is 1360. The van der Waals surface area contributed by atoms with E-state index in [1.54, 1.807) is 18.0 Å². The summed E-state index contributed by atoms with van der Waals surface area (Å²) in [4.78, 5) is 24.9. The highest BCUT2D eigenvalue weighted by molar-refractivity contribution is 7.21. The first-order chi connectivity index (χ1) is 17.9. The van der Waals surface area contributed by atoms with Gasteiger partial charge in [-0.05, 0) is 44.3 Å². The highest BCUT2D eigenvalue weighted by Gasteiger charge is 2.15. The molecule has 12 heteroatoms. The molecule has 37 heavy (non-hydrogen) atoms. The summed E-state index contributed by atoms with van der Waals surface area (Å²) >= 11 is 1.37. The third kappa shape index (κ3) is 6.27. The van der Waals surface area contributed by atoms with E-state index in [2.05, 4.69) is 47.4 Å². The van der Waals surface area contributed by atoms with Gasteiger partial charge in [0.2, 0.25) is 0 Å². The van der Waals surface area contributed by atoms with Crippen molar-refractivity contribution >= 4 is 50.0 Å². The van der Waals surface area contributed by atoms with E-state index in [1.165, 1.54) is 29.8 Å². The molecular formula is C25H29F2N9S. The Morgan fingerprint density at radius 1 is 1.00 bits per heavy atom. The van der Waals surface area contributed by atoms with Crippen LogP contribution in [-0.4, -0.2) is 83.1 Å². The van der Waals surface area contributed by atoms with Crippen molar-refractivity contribution in [3.8, 4) is 0 Å². The molecule has 2 N–H and O–H groups in total. The molecule has 0 saturated carbocycles. The summed E-state index contributed by atoms with van der Waals surface area (Å²) in [6.07, 6.45) is 2.56. The molecule has 1 aliphatic heterocycles. The number of pyridine rings is 1. The maximum Gasteiger partial charge on any atom is 0.190 e. The fourth-order valence-corrected chi connectivity index (χ4v) is 4.99. The van der Waals surface area contributed by atoms with E-state index in [9.17, 15) is 8.78 Å². The summed E-state index contributed by atoms with van der Waals surface area (Å²) in [6, 6.07) is 8.90. The number of benzene rings is 1. The average molecular weight is 526 g/mol. The molecule has 0 aliphatic carbocycles. The molecule has 1 fully saturated rings. The van der Waals surface area contributed by atoms with E-state index in [-0.39, 0.29) is 5.69 Å². The minimum Gasteiger partial charge on any atom is -0.370 e. The lowest BCUT2D eigenvalue weighted by Crippen LogP contribution is -2.44. The third-order valence-corrected chi connectivity index (χ3v) is 7.19. The van der Waals surface area contributed by atoms with Gasteiger partial charge in [-0.2, -0.15) is 0 Å². The van der Waals surface area contributed by atoms with E-state index in [0.29, 0.717) is 27.1 Å². The van der Waals surface area contributed by atoms with Gasteiger partial charge >= 0.3 is 0 Å². The summed E-state index contributed by atoms with van der Waals surface area (Å²) in [5.41, 5.74) is 0.946. The second kappa shape index (κ2) is 11.3. The maximum atomic E-state index is 14.2. The van der Waals surface area contributed by atoms with Crippen LogP contribution in [0.25, 0.3) is 10.3 Å². The largest absolute Gasteiger partial charge is 0.370 e. The Hall–Kier alpha value is -3.48. The van der Waals surface area contributed by atoms with Crippen molar-refractivity contribution in [2.45, 2.75) is 6.42 Å². The first kappa shape index (κ1) is 25.2. The topological polar surface area (TPSA) is 85.3 Å². The molecule has 4 aromatic rings. The normalized spacial score (nSPS) is 14.7. The number of halogens is 2. The van der Waals surface area contributed by atoms with Gasteiger partial charge in [-0.25, -0.2) is 28.7 Å². The van der Waals surface area contributed by atoms with Crippen LogP contribution in [0.15, 0.2) is 42.7 Å². The van der Waals surface area contributed by atoms with Crippen molar-refractivity contribution < 1.29 is 8.78 Å². The molecule has 4 heterocycles. The Balaban J connectivity index is 1.19. The molecule has 0 bridgehead atoms. The number of hydrogen-bond donors (Lipinski definition) is 2. The van der Waals surface area contributed by atoms with Crippen molar-refractivity contribution in [2.24, 2.45) is 0 Å². The molecule has 0 atom stereocenters. The lowest BCUT2D eigenvalue weighted by molar-refractivity contribution is 0.154. The SMILES string of the molecule is CN1CCN(CCCNc2cc(Nc3nc4ccc(N(C)c5ccc(F)cc5F)nc4s3)ncn2)CC1. The van der Waals surface area contributed by atoms with Crippen LogP contribution < -0.4 is 15.5 Å². The first-order valence-corrected chi connectivity index (χ1v) is 13.0. The minimum absolute atomic E-state index is 0.237. The predicted molar refractivity (Wildman–Crippen MR) is 144 cm³/mol. The zero-order valence-corrected chi connectivity index (χ0v) is 21.6. The maximum absolute atomic E-state index is 14.2. The van der Waals surface area contributed by atoms with Crippen molar-refractivity contribution in [1.82, 2.24) is 29.7 Å². The third-order valence-electron chi connectivity index (χ3n) is 6.31. The lowest BCUT2D eigenvalue weighted by atomic mass is 10.2. The van der Waals surface area contributed by atoms with E-state index in [1.807, 2.05) is 12.1 Å². The average Bonchev–Trinajstić information content (AvgIpc) is 3.29. The summed E-state index contributed by atoms with van der Waals surface area (Å²) in [7, 11) is 3.85. The highest BCUT2D eigenvalue weighted by atomic mass is 32.1. The van der Waals surface area contributed by atoms with Gasteiger partial charge in [0.1, 0.15) is 45.8 Å². The van der Waals surface area contributed by atoms with Crippen LogP contribution in [0.5, 0.6) is 0 Å². The molecule has 194 valence electrons. The van der Waals surface area contributed by atoms with Crippen LogP contribution in [0, 0.1) is 11.6 Å². The van der Waals surface area contributed by atoms with Gasteiger partial charge in [0, 0.05) is 51.9 Å². The van der Waals surface area contributed by atoms with Crippen LogP contribution >= 0.6 is 11.3 Å². The zero-order valence-electron chi connectivity index (χ0n) is 20.8. The number of fused-ring (bicyclic) bond motifs is 1. The van der Waals surface area contributed by atoms with Gasteiger partial charge in [0.25, 0.3) is 0 Å². The number of hydrogen-bond acceptors (Lipinski definition) is 10. The lowest BCUT2D eigenvalue weighted by Gasteiger charge is -2.32. The van der Waals surface area contributed by atoms with Gasteiger partial charge in [-0.15, -0.1) is 0 Å². The van der Waals surface area contributed by atoms with Crippen molar-refractivity contribution in [3.63, 3.8) is 0 Å². The molecule has 9 nitrogen and oxygen atoms in total. The monoisotopic (exact) mass is 525 g/mol. The minimum atomic E-state index is -0.649. The second-order valence-corrected chi connectivity index (χ2v) is 9.98. The van der Waals surface area contributed by atoms with Crippen LogP contribution in [0.2, 0.25) is 0 Å². The second-order valence-electron chi connectivity index (χ2n) is 9.01. The molecule has 0 spiro atoms. The van der Waals surface area contributed by atoms with E-state index in [0.717, 1.165) is 57.6 Å². The summed E-state index contributed by atoms with van der Waals surface area (Å²) in [5.74, 6) is 0.633. The van der Waals surface area contributed by atoms with Crippen molar-refractivity contribution in [1.29, 1.82) is 0 Å². The van der Waals surface area contributed by atoms with Gasteiger partial charge in [0.05, 0.1) is 5.69 Å². The molecule has 0 radical (unpaired) electrons. The quantitative estimate of drug-likeness (QED) is 0.310. The number of anilines is 5. The van der Waals surface area contributed by atoms with E-state index < -0.39 is 11.6 Å². The first-order valence-electron chi connectivity index (χ1n) is 12.1. The smallest absolute Gasteiger partial charge is 0.190 e. The number of aromatic nitrogens is 4. The number of nitrogens with one attached hydrogen (secondary N) is 2. The standard InChI is InChI=1S/C25H29F2N9S/c1-34-10-12-36(13-11-34)9-3-8-28-21-15-22(30-16-29-21)32-25-31-19-5-7-23(33-24(19)37-25)35(2)20-6-4-17(26)14-18(20)27/h4-7,14-16H,3,8-13H2,1-2H3,(H2,28,29,30,31,32). The highest BCUT2D eigenvalue weighted by Crippen LogP contribution is 2.31. The van der Waals surface area contributed by atoms with Crippen LogP contribution in [0.4, 0.5) is 37.1 Å². The van der Waals surface area contributed by atoms with Crippen molar-refractivity contribution in [2.75, 3.05) is 68.9 Å². The molecule has 1 aliphatic rings. The Labute approximate surface area is 218 Å². The van der Waals surface area contributed by atoms with Gasteiger partial charge in [-0.3, -0.25) is 0 Å². The number of rotatable bonds is 9. The number of piperazine rings is 1. The fourth-order valence-electron chi connectivity index (χ4n) is 4.15. The van der Waals surface area contributed by atoms with Crippen LogP contribution in [0.3, 0.4) is 0 Å². The number of likely N-dealkylation sites (N-methyl/N-ethyl adjacent to an activating group) is 1. The van der Waals surface area contributed by atoms with E-state index >= 15 is 0 Å². The van der Waals surface area contributed by atoms with Gasteiger partial charge in [0.15, 0.2) is 5.13 Å². The summed E-state index contributed by atoms with van der Waals surface area (Å²) < 4.78 is 27.5. The molecule has 0 unspecified atom stereocenters. The Morgan fingerprint density at radius 2 is 1.81 bits per heavy atom. The number of nitrogens with zero attached hydrogens (tertiary/aromatic N) is 7. The Morgan fingerprint density at radius 3 is 2.62 bits per heavy atom. The van der Waals surface area contributed by atoms with Crippen molar-refractivity contribution in [3.05, 3.63) is 54.4 Å². The van der Waals surface area contributed by atoms with E-state index in [4.69, 9.17) is 0 Å². The van der Waals surface area contributed by atoms with Crippen LogP contribution in [0.1, 0.15) is 6.42 Å². The zero-order chi connectivity index (χ0) is 25.8. The number of thiazole rings is 1. The van der Waals surface area contributed by atoms with Crippen LogP contribution in [-0.2, 0) is 0 Å². The molecule has 0 amide bonds. The van der Waals surface area contributed by atoms with Gasteiger partial charge < -0.3 is 25.3 Å². The summed E-state index contributed by atoms with van der Waals surface area (Å²) in [5, 5.41) is 7.23. The fraction of sp³-hybridized carbons (Fsp3) is 0.360. The molecule has 3 aromatic heterocycles.